The molecule has 0 saturated carbocycles. The fourth-order valence-corrected chi connectivity index (χ4v) is 14.7. The van der Waals surface area contributed by atoms with Crippen LogP contribution in [-0.4, -0.2) is 170 Å². The molecule has 15 heterocycles. The summed E-state index contributed by atoms with van der Waals surface area (Å²) in [6.45, 7) is 24.1. The maximum absolute atomic E-state index is 10.4. The Morgan fingerprint density at radius 1 is 0.427 bits per heavy atom. The maximum atomic E-state index is 10.4. The molecule has 8 aliphatic heterocycles. The van der Waals surface area contributed by atoms with E-state index in [1.54, 1.807) is 31.0 Å². The molecule has 0 aliphatic carbocycles. The Hall–Kier alpha value is -8.17. The average molecular weight is 1470 g/mol. The number of fused-ring (bicyclic) bond motifs is 4. The first kappa shape index (κ1) is 73.2. The largest absolute Gasteiger partial charge is 0.390 e. The highest BCUT2D eigenvalue weighted by Gasteiger charge is 2.36. The number of hydrogen-bond acceptors (Lipinski definition) is 24. The van der Waals surface area contributed by atoms with Crippen molar-refractivity contribution >= 4 is 92.5 Å². The molecule has 103 heavy (non-hydrogen) atoms. The van der Waals surface area contributed by atoms with Crippen LogP contribution in [0.5, 0.6) is 0 Å². The highest BCUT2D eigenvalue weighted by atomic mass is 35.5. The van der Waals surface area contributed by atoms with Gasteiger partial charge in [-0.25, -0.2) is 39.9 Å². The van der Waals surface area contributed by atoms with Crippen molar-refractivity contribution in [3.8, 4) is 0 Å². The second kappa shape index (κ2) is 30.5. The summed E-state index contributed by atoms with van der Waals surface area (Å²) in [6.07, 6.45) is 20.0. The summed E-state index contributed by atoms with van der Waals surface area (Å²) in [6, 6.07) is 11.7. The molecule has 0 radical (unpaired) electrons. The normalized spacial score (nSPS) is 18.7. The molecule has 28 heteroatoms. The van der Waals surface area contributed by atoms with Crippen molar-refractivity contribution in [3.05, 3.63) is 190 Å². The predicted molar refractivity (Wildman–Crippen MR) is 408 cm³/mol. The average Bonchev–Trinajstić information content (AvgIpc) is 1.70. The first-order valence-corrected chi connectivity index (χ1v) is 36.8. The van der Waals surface area contributed by atoms with Crippen molar-refractivity contribution in [2.75, 3.05) is 85.0 Å². The molecule has 4 fully saturated rings. The van der Waals surface area contributed by atoms with Crippen molar-refractivity contribution in [1.29, 1.82) is 0 Å². The van der Waals surface area contributed by atoms with Gasteiger partial charge in [0.1, 0.15) is 46.0 Å². The Labute approximate surface area is 621 Å². The van der Waals surface area contributed by atoms with Crippen LogP contribution in [0.25, 0.3) is 0 Å². The van der Waals surface area contributed by atoms with E-state index in [1.807, 2.05) is 77.3 Å². The van der Waals surface area contributed by atoms with Gasteiger partial charge in [0, 0.05) is 117 Å². The SMILES string of the molecule is CCC1(O)CCN(c2cnc3c(n2)CN=C3c2ccnc(C)c2Cl)CC1.Cc1cc(C2=NCc3nc(N4CCC(C)(CN)CC4)cnc32)c(Cl)cn1.Cc1cc(C2=NCc3nc(N4CCC(O)(CN)CC4)cnc32)c(Cl)cn1.Cc1ccc(Cl)c(C2=NCc3nc(N4CCC(C)(N)CC4)cnc32)c1. The Morgan fingerprint density at radius 3 is 1.18 bits per heavy atom. The maximum Gasteiger partial charge on any atom is 0.147 e. The third kappa shape index (κ3) is 16.1. The van der Waals surface area contributed by atoms with Crippen LogP contribution in [0.1, 0.15) is 169 Å². The van der Waals surface area contributed by atoms with Gasteiger partial charge in [-0.3, -0.25) is 34.9 Å². The molecule has 538 valence electrons. The molecule has 24 nitrogen and oxygen atoms in total. The summed E-state index contributed by atoms with van der Waals surface area (Å²) in [5.41, 5.74) is 33.9. The number of aliphatic imine (C=N–C) groups is 4. The van der Waals surface area contributed by atoms with Gasteiger partial charge in [0.25, 0.3) is 0 Å². The molecular weight excluding hydrogens is 1380 g/mol. The van der Waals surface area contributed by atoms with Crippen LogP contribution in [0.15, 0.2) is 99.7 Å². The van der Waals surface area contributed by atoms with Gasteiger partial charge in [-0.2, -0.15) is 0 Å². The van der Waals surface area contributed by atoms with Crippen LogP contribution < -0.4 is 36.8 Å². The third-order valence-electron chi connectivity index (χ3n) is 21.1. The lowest BCUT2D eigenvalue weighted by Crippen LogP contribution is -2.49. The standard InChI is InChI=1S/C19H23ClN6.C19H22ClN5O.C19H22ClN5.C18H21ClN6O/c1-12-7-13(14(20)8-22-12)17-18-15(9-23-17)25-16(10-24-18)26-5-3-19(2,11-21)4-6-26;1-3-19(26)5-8-25(9-6-19)15-11-23-18-14(24-15)10-22-17(18)13-4-7-21-12(2)16(13)20;1-12-3-4-14(20)13(9-12)17-18-15(10-22-17)24-16(11-23-18)25-7-5-19(2,21)6-8-25;1-11-6-12(13(19)7-21-11)16-17-14(8-22-16)24-15(9-23-17)25-4-2-18(26,10-20)3-5-25/h7-8,10H,3-6,9,11,21H2,1-2H3;4,7,11,26H,3,5-6,8-10H2,1-2H3;3-4,9,11H,5-8,10,21H2,1-2H3;6-7,9,26H,2-5,8,10,20H2,1H3. The molecular formula is C75H88Cl4N22O2. The summed E-state index contributed by atoms with van der Waals surface area (Å²) in [7, 11) is 0. The van der Waals surface area contributed by atoms with Gasteiger partial charge in [-0.15, -0.1) is 0 Å². The fraction of sp³-hybridized carbons (Fsp3) is 0.453. The van der Waals surface area contributed by atoms with E-state index in [-0.39, 0.29) is 11.0 Å². The van der Waals surface area contributed by atoms with Gasteiger partial charge in [0.05, 0.1) is 134 Å². The first-order chi connectivity index (χ1) is 49.4. The number of nitrogens with zero attached hydrogens (tertiary/aromatic N) is 19. The van der Waals surface area contributed by atoms with Gasteiger partial charge < -0.3 is 47.0 Å². The van der Waals surface area contributed by atoms with Gasteiger partial charge in [-0.05, 0) is 135 Å². The minimum Gasteiger partial charge on any atom is -0.390 e. The topological polar surface area (TPSA) is 323 Å². The summed E-state index contributed by atoms with van der Waals surface area (Å²) in [4.78, 5) is 77.9. The van der Waals surface area contributed by atoms with E-state index in [4.69, 9.17) is 83.5 Å². The van der Waals surface area contributed by atoms with E-state index in [2.05, 4.69) is 94.4 Å². The third-order valence-corrected chi connectivity index (χ3v) is 22.5. The minimum absolute atomic E-state index is 0.0706. The molecule has 0 spiro atoms. The number of halogens is 4. The highest BCUT2D eigenvalue weighted by Crippen LogP contribution is 2.37. The Morgan fingerprint density at radius 2 is 0.796 bits per heavy atom. The van der Waals surface area contributed by atoms with E-state index in [9.17, 15) is 10.2 Å². The zero-order chi connectivity index (χ0) is 72.5. The van der Waals surface area contributed by atoms with E-state index < -0.39 is 11.2 Å². The molecule has 8 aliphatic rings. The Kier molecular flexibility index (Phi) is 21.7. The second-order valence-corrected chi connectivity index (χ2v) is 30.3. The number of anilines is 4. The molecule has 7 aromatic heterocycles. The van der Waals surface area contributed by atoms with Crippen molar-refractivity contribution < 1.29 is 10.2 Å². The van der Waals surface area contributed by atoms with E-state index in [0.717, 1.165) is 227 Å². The Balaban J connectivity index is 0.000000122. The molecule has 0 atom stereocenters. The van der Waals surface area contributed by atoms with Crippen LogP contribution in [0.3, 0.4) is 0 Å². The number of piperidine rings is 4. The van der Waals surface area contributed by atoms with Crippen LogP contribution in [0.4, 0.5) is 23.3 Å². The molecule has 1 aromatic carbocycles. The zero-order valence-corrected chi connectivity index (χ0v) is 62.4. The number of aliphatic hydroxyl groups is 2. The molecule has 8 N–H and O–H groups in total. The quantitative estimate of drug-likeness (QED) is 0.0803. The van der Waals surface area contributed by atoms with Crippen molar-refractivity contribution in [2.24, 2.45) is 42.6 Å². The number of aryl methyl sites for hydroxylation is 4. The van der Waals surface area contributed by atoms with Gasteiger partial charge in [-0.1, -0.05) is 71.9 Å². The van der Waals surface area contributed by atoms with Gasteiger partial charge in [0.2, 0.25) is 0 Å². The fourth-order valence-electron chi connectivity index (χ4n) is 13.9. The summed E-state index contributed by atoms with van der Waals surface area (Å²) >= 11 is 25.4. The van der Waals surface area contributed by atoms with E-state index in [0.29, 0.717) is 78.7 Å². The number of nitrogens with two attached hydrogens (primary N) is 3. The highest BCUT2D eigenvalue weighted by molar-refractivity contribution is 6.37. The molecule has 0 amide bonds. The second-order valence-electron chi connectivity index (χ2n) is 28.7. The predicted octanol–water partition coefficient (Wildman–Crippen LogP) is 10.3. The van der Waals surface area contributed by atoms with Crippen LogP contribution in [0.2, 0.25) is 20.1 Å². The molecule has 4 saturated heterocycles. The zero-order valence-electron chi connectivity index (χ0n) is 59.4. The Bertz CT molecular complexity index is 4350. The first-order valence-electron chi connectivity index (χ1n) is 35.3. The summed E-state index contributed by atoms with van der Waals surface area (Å²) in [5.74, 6) is 3.52. The summed E-state index contributed by atoms with van der Waals surface area (Å²) < 4.78 is 0. The van der Waals surface area contributed by atoms with Gasteiger partial charge >= 0.3 is 0 Å². The van der Waals surface area contributed by atoms with Crippen LogP contribution in [-0.2, 0) is 26.2 Å². The van der Waals surface area contributed by atoms with Crippen LogP contribution in [0, 0.1) is 33.1 Å². The lowest BCUT2D eigenvalue weighted by atomic mass is 9.80. The van der Waals surface area contributed by atoms with Crippen molar-refractivity contribution in [3.63, 3.8) is 0 Å². The molecule has 0 bridgehead atoms. The minimum atomic E-state index is -0.757. The monoisotopic (exact) mass is 1470 g/mol. The van der Waals surface area contributed by atoms with E-state index >= 15 is 0 Å². The number of pyridine rings is 3. The van der Waals surface area contributed by atoms with Crippen molar-refractivity contribution in [1.82, 2.24) is 54.8 Å². The number of aromatic nitrogens is 11. The van der Waals surface area contributed by atoms with Gasteiger partial charge in [0.15, 0.2) is 0 Å². The van der Waals surface area contributed by atoms with Crippen LogP contribution >= 0.6 is 46.4 Å². The smallest absolute Gasteiger partial charge is 0.147 e. The van der Waals surface area contributed by atoms with Crippen molar-refractivity contribution in [2.45, 2.75) is 149 Å². The molecule has 16 rings (SSSR count). The molecule has 8 aromatic rings. The number of rotatable bonds is 11. The number of benzene rings is 1. The lowest BCUT2D eigenvalue weighted by Gasteiger charge is -2.39. The lowest BCUT2D eigenvalue weighted by molar-refractivity contribution is 0.0124. The summed E-state index contributed by atoms with van der Waals surface area (Å²) in [5, 5.41) is 23.2. The van der Waals surface area contributed by atoms with E-state index in [1.165, 1.54) is 0 Å². The molecule has 0 unspecified atom stereocenters. The number of hydrogen-bond donors (Lipinski definition) is 5.